The van der Waals surface area contributed by atoms with Crippen molar-refractivity contribution in [1.82, 2.24) is 10.3 Å². The molecule has 32 heavy (non-hydrogen) atoms. The summed E-state index contributed by atoms with van der Waals surface area (Å²) in [5.41, 5.74) is 3.76. The number of nitrogens with one attached hydrogen (secondary N) is 1. The molecule has 1 aliphatic rings. The van der Waals surface area contributed by atoms with Gasteiger partial charge in [-0.05, 0) is 91.4 Å². The van der Waals surface area contributed by atoms with Crippen LogP contribution in [0.15, 0.2) is 87.9 Å². The molecule has 1 fully saturated rings. The van der Waals surface area contributed by atoms with E-state index in [0.29, 0.717) is 10.9 Å². The lowest BCUT2D eigenvalue weighted by Gasteiger charge is -2.26. The summed E-state index contributed by atoms with van der Waals surface area (Å²) >= 11 is 9.33. The van der Waals surface area contributed by atoms with Crippen LogP contribution in [0.2, 0.25) is 0 Å². The van der Waals surface area contributed by atoms with E-state index in [9.17, 15) is 4.39 Å². The Morgan fingerprint density at radius 3 is 2.59 bits per heavy atom. The van der Waals surface area contributed by atoms with E-state index < -0.39 is 0 Å². The number of aromatic nitrogens is 1. The lowest BCUT2D eigenvalue weighted by molar-refractivity contribution is 0.439. The van der Waals surface area contributed by atoms with Gasteiger partial charge >= 0.3 is 0 Å². The Kier molecular flexibility index (Phi) is 5.53. The van der Waals surface area contributed by atoms with Crippen molar-refractivity contribution in [2.45, 2.75) is 19.0 Å². The largest absolute Gasteiger partial charge is 0.459 e. The third kappa shape index (κ3) is 3.82. The van der Waals surface area contributed by atoms with Crippen molar-refractivity contribution in [3.05, 3.63) is 106 Å². The van der Waals surface area contributed by atoms with E-state index in [-0.39, 0.29) is 17.9 Å². The van der Waals surface area contributed by atoms with E-state index in [1.54, 1.807) is 18.3 Å². The molecule has 2 atom stereocenters. The minimum atomic E-state index is -0.280. The van der Waals surface area contributed by atoms with Crippen molar-refractivity contribution in [3.8, 4) is 11.3 Å². The van der Waals surface area contributed by atoms with Crippen LogP contribution in [0.1, 0.15) is 29.1 Å². The smallest absolute Gasteiger partial charge is 0.174 e. The highest BCUT2D eigenvalue weighted by Crippen LogP contribution is 2.43. The van der Waals surface area contributed by atoms with Gasteiger partial charge in [0.25, 0.3) is 0 Å². The number of aryl methyl sites for hydroxylation is 1. The number of pyridine rings is 1. The molecule has 2 aromatic heterocycles. The number of hydrogen-bond donors (Lipinski definition) is 1. The SMILES string of the molecule is Cc1cc(N2C(=S)N[C@H](c3ccccn3)[C@@H]2c2ccc(-c3ccc(F)cc3)o2)ccc1Br. The summed E-state index contributed by atoms with van der Waals surface area (Å²) in [6.07, 6.45) is 1.77. The van der Waals surface area contributed by atoms with E-state index in [1.165, 1.54) is 12.1 Å². The highest BCUT2D eigenvalue weighted by Gasteiger charge is 2.42. The Hall–Kier alpha value is -3.03. The molecule has 1 aliphatic heterocycles. The van der Waals surface area contributed by atoms with Crippen molar-refractivity contribution in [3.63, 3.8) is 0 Å². The van der Waals surface area contributed by atoms with Gasteiger partial charge in [0.1, 0.15) is 23.4 Å². The number of nitrogens with zero attached hydrogens (tertiary/aromatic N) is 2. The standard InChI is InChI=1S/C25H19BrFN3OS/c1-15-14-18(9-10-19(15)26)30-24(23(29-25(30)32)20-4-2-3-13-28-20)22-12-11-21(31-22)16-5-7-17(27)8-6-16/h2-14,23-24H,1H3,(H,29,32)/t23-,24+/m1/s1. The fourth-order valence-corrected chi connectivity index (χ4v) is 4.57. The van der Waals surface area contributed by atoms with Crippen LogP contribution < -0.4 is 10.2 Å². The van der Waals surface area contributed by atoms with Gasteiger partial charge in [-0.25, -0.2) is 4.39 Å². The number of hydrogen-bond acceptors (Lipinski definition) is 3. The van der Waals surface area contributed by atoms with Gasteiger partial charge in [0.15, 0.2) is 5.11 Å². The second-order valence-corrected chi connectivity index (χ2v) is 8.88. The van der Waals surface area contributed by atoms with Gasteiger partial charge in [-0.15, -0.1) is 0 Å². The molecular weight excluding hydrogens is 489 g/mol. The molecule has 1 saturated heterocycles. The van der Waals surface area contributed by atoms with Crippen LogP contribution in [-0.4, -0.2) is 10.1 Å². The topological polar surface area (TPSA) is 41.3 Å². The van der Waals surface area contributed by atoms with Gasteiger partial charge in [-0.2, -0.15) is 0 Å². The van der Waals surface area contributed by atoms with Crippen LogP contribution in [0.4, 0.5) is 10.1 Å². The predicted molar refractivity (Wildman–Crippen MR) is 131 cm³/mol. The van der Waals surface area contributed by atoms with Crippen LogP contribution in [-0.2, 0) is 0 Å². The lowest BCUT2D eigenvalue weighted by atomic mass is 10.0. The quantitative estimate of drug-likeness (QED) is 0.310. The lowest BCUT2D eigenvalue weighted by Crippen LogP contribution is -2.29. The van der Waals surface area contributed by atoms with Gasteiger partial charge in [0.05, 0.1) is 11.7 Å². The maximum atomic E-state index is 13.4. The molecule has 0 bridgehead atoms. The monoisotopic (exact) mass is 507 g/mol. The molecule has 5 rings (SSSR count). The Labute approximate surface area is 199 Å². The summed E-state index contributed by atoms with van der Waals surface area (Å²) in [6, 6.07) is 21.7. The van der Waals surface area contributed by atoms with Gasteiger partial charge in [-0.3, -0.25) is 4.98 Å². The van der Waals surface area contributed by atoms with Crippen molar-refractivity contribution in [2.24, 2.45) is 0 Å². The number of anilines is 1. The summed E-state index contributed by atoms with van der Waals surface area (Å²) in [6.45, 7) is 2.05. The van der Waals surface area contributed by atoms with Crippen molar-refractivity contribution < 1.29 is 8.81 Å². The third-order valence-corrected chi connectivity index (χ3v) is 6.77. The minimum Gasteiger partial charge on any atom is -0.459 e. The maximum Gasteiger partial charge on any atom is 0.174 e. The number of furan rings is 1. The zero-order valence-electron chi connectivity index (χ0n) is 17.1. The van der Waals surface area contributed by atoms with E-state index >= 15 is 0 Å². The zero-order valence-corrected chi connectivity index (χ0v) is 19.5. The summed E-state index contributed by atoms with van der Waals surface area (Å²) < 4.78 is 20.7. The van der Waals surface area contributed by atoms with Crippen molar-refractivity contribution >= 4 is 38.9 Å². The molecule has 160 valence electrons. The van der Waals surface area contributed by atoms with Crippen LogP contribution in [0, 0.1) is 12.7 Å². The Morgan fingerprint density at radius 2 is 1.88 bits per heavy atom. The second-order valence-electron chi connectivity index (χ2n) is 7.64. The zero-order chi connectivity index (χ0) is 22.2. The molecule has 0 unspecified atom stereocenters. The highest BCUT2D eigenvalue weighted by molar-refractivity contribution is 9.10. The molecule has 7 heteroatoms. The molecule has 0 spiro atoms. The highest BCUT2D eigenvalue weighted by atomic mass is 79.9. The minimum absolute atomic E-state index is 0.195. The first-order valence-electron chi connectivity index (χ1n) is 10.1. The van der Waals surface area contributed by atoms with Crippen LogP contribution >= 0.6 is 28.1 Å². The van der Waals surface area contributed by atoms with E-state index in [1.807, 2.05) is 49.4 Å². The molecule has 2 aromatic carbocycles. The first-order valence-corrected chi connectivity index (χ1v) is 11.3. The molecule has 1 N–H and O–H groups in total. The molecule has 0 amide bonds. The molecular formula is C25H19BrFN3OS. The molecule has 3 heterocycles. The normalized spacial score (nSPS) is 18.1. The van der Waals surface area contributed by atoms with Gasteiger partial charge in [-0.1, -0.05) is 22.0 Å². The van der Waals surface area contributed by atoms with Gasteiger partial charge < -0.3 is 14.6 Å². The first kappa shape index (κ1) is 20.8. The summed E-state index contributed by atoms with van der Waals surface area (Å²) in [4.78, 5) is 6.64. The van der Waals surface area contributed by atoms with Crippen molar-refractivity contribution in [2.75, 3.05) is 4.90 Å². The summed E-state index contributed by atoms with van der Waals surface area (Å²) in [7, 11) is 0. The number of thiocarbonyl (C=S) groups is 1. The van der Waals surface area contributed by atoms with E-state index in [0.717, 1.165) is 32.7 Å². The van der Waals surface area contributed by atoms with Crippen LogP contribution in [0.3, 0.4) is 0 Å². The molecule has 4 aromatic rings. The number of halogens is 2. The first-order chi connectivity index (χ1) is 15.5. The summed E-state index contributed by atoms with van der Waals surface area (Å²) in [5.74, 6) is 1.13. The van der Waals surface area contributed by atoms with Crippen molar-refractivity contribution in [1.29, 1.82) is 0 Å². The Balaban J connectivity index is 1.60. The third-order valence-electron chi connectivity index (χ3n) is 5.56. The fraction of sp³-hybridized carbons (Fsp3) is 0.120. The molecule has 0 radical (unpaired) electrons. The number of rotatable bonds is 4. The molecule has 4 nitrogen and oxygen atoms in total. The maximum absolute atomic E-state index is 13.4. The molecule has 0 aliphatic carbocycles. The Bertz CT molecular complexity index is 1280. The average Bonchev–Trinajstić information content (AvgIpc) is 3.41. The van der Waals surface area contributed by atoms with E-state index in [4.69, 9.17) is 16.6 Å². The Morgan fingerprint density at radius 1 is 1.06 bits per heavy atom. The molecule has 0 saturated carbocycles. The average molecular weight is 508 g/mol. The summed E-state index contributed by atoms with van der Waals surface area (Å²) in [5, 5.41) is 4.04. The van der Waals surface area contributed by atoms with Gasteiger partial charge in [0.2, 0.25) is 0 Å². The number of benzene rings is 2. The fourth-order valence-electron chi connectivity index (χ4n) is 3.98. The van der Waals surface area contributed by atoms with Crippen LogP contribution in [0.25, 0.3) is 11.3 Å². The van der Waals surface area contributed by atoms with Gasteiger partial charge in [0, 0.05) is 21.9 Å². The predicted octanol–water partition coefficient (Wildman–Crippen LogP) is 6.73. The second kappa shape index (κ2) is 8.48. The van der Waals surface area contributed by atoms with E-state index in [2.05, 4.69) is 37.2 Å². The van der Waals surface area contributed by atoms with Crippen LogP contribution in [0.5, 0.6) is 0 Å².